The lowest BCUT2D eigenvalue weighted by Crippen LogP contribution is -2.14. The van der Waals surface area contributed by atoms with E-state index in [1.165, 1.54) is 6.07 Å². The molecule has 9 heteroatoms. The molecule has 7 nitrogen and oxygen atoms in total. The Balaban J connectivity index is 2.23. The summed E-state index contributed by atoms with van der Waals surface area (Å²) < 4.78 is 39.8. The van der Waals surface area contributed by atoms with Crippen molar-refractivity contribution < 1.29 is 17.6 Å². The fourth-order valence-corrected chi connectivity index (χ4v) is 2.62. The molecule has 1 amide bonds. The van der Waals surface area contributed by atoms with Crippen LogP contribution in [-0.4, -0.2) is 30.4 Å². The number of anilines is 2. The molecule has 0 bridgehead atoms. The largest absolute Gasteiger partial charge is 0.320 e. The molecule has 0 fully saturated rings. The Morgan fingerprint density at radius 1 is 1.26 bits per heavy atom. The number of sulfonamides is 1. The summed E-state index contributed by atoms with van der Waals surface area (Å²) in [4.78, 5) is 12.2. The highest BCUT2D eigenvalue weighted by molar-refractivity contribution is 7.92. The number of halogens is 1. The predicted octanol–water partition coefficient (Wildman–Crippen LogP) is 1.97. The van der Waals surface area contributed by atoms with Gasteiger partial charge in [0.25, 0.3) is 5.91 Å². The summed E-state index contributed by atoms with van der Waals surface area (Å²) in [6.45, 7) is 4.35. The first-order valence-electron chi connectivity index (χ1n) is 6.82. The van der Waals surface area contributed by atoms with Crippen LogP contribution in [0.2, 0.25) is 0 Å². The zero-order chi connectivity index (χ0) is 17.2. The van der Waals surface area contributed by atoms with E-state index in [-0.39, 0.29) is 17.1 Å². The molecule has 0 saturated heterocycles. The van der Waals surface area contributed by atoms with Crippen molar-refractivity contribution in [1.82, 2.24) is 9.78 Å². The van der Waals surface area contributed by atoms with Crippen molar-refractivity contribution in [1.29, 1.82) is 0 Å². The minimum atomic E-state index is -3.54. The van der Waals surface area contributed by atoms with Crippen LogP contribution in [0.25, 0.3) is 0 Å². The van der Waals surface area contributed by atoms with E-state index in [0.717, 1.165) is 24.1 Å². The number of benzene rings is 1. The Bertz CT molecular complexity index is 846. The maximum Gasteiger partial charge on any atom is 0.276 e. The quantitative estimate of drug-likeness (QED) is 0.870. The fraction of sp³-hybridized carbons (Fsp3) is 0.286. The lowest BCUT2D eigenvalue weighted by atomic mass is 10.2. The number of amides is 1. The van der Waals surface area contributed by atoms with Crippen LogP contribution < -0.4 is 10.0 Å². The maximum atomic E-state index is 13.6. The number of nitrogens with one attached hydrogen (secondary N) is 2. The highest BCUT2D eigenvalue weighted by atomic mass is 32.2. The number of hydrogen-bond donors (Lipinski definition) is 2. The summed E-state index contributed by atoms with van der Waals surface area (Å²) in [7, 11) is -3.54. The zero-order valence-corrected chi connectivity index (χ0v) is 13.7. The van der Waals surface area contributed by atoms with Crippen molar-refractivity contribution in [3.63, 3.8) is 0 Å². The Morgan fingerprint density at radius 3 is 2.48 bits per heavy atom. The fourth-order valence-electron chi connectivity index (χ4n) is 2.07. The molecule has 0 aliphatic rings. The Morgan fingerprint density at radius 2 is 1.91 bits per heavy atom. The molecule has 2 N–H and O–H groups in total. The second-order valence-electron chi connectivity index (χ2n) is 5.04. The van der Waals surface area contributed by atoms with E-state index >= 15 is 0 Å². The number of aryl methyl sites for hydroxylation is 2. The SMILES string of the molecule is CCn1nc(C(=O)Nc2cc(F)cc(NS(C)(=O)=O)c2)cc1C. The molecule has 0 atom stereocenters. The van der Waals surface area contributed by atoms with Gasteiger partial charge < -0.3 is 5.32 Å². The Hall–Kier alpha value is -2.42. The zero-order valence-electron chi connectivity index (χ0n) is 12.9. The van der Waals surface area contributed by atoms with E-state index < -0.39 is 21.7 Å². The van der Waals surface area contributed by atoms with Gasteiger partial charge in [0.15, 0.2) is 5.69 Å². The van der Waals surface area contributed by atoms with Crippen molar-refractivity contribution in [2.24, 2.45) is 0 Å². The van der Waals surface area contributed by atoms with Crippen LogP contribution in [0.4, 0.5) is 15.8 Å². The average molecular weight is 340 g/mol. The second-order valence-corrected chi connectivity index (χ2v) is 6.79. The standard InChI is InChI=1S/C14H17FN4O3S/c1-4-19-9(2)5-13(17-19)14(20)16-11-6-10(15)7-12(8-11)18-23(3,21)22/h5-8,18H,4H2,1-3H3,(H,16,20). The van der Waals surface area contributed by atoms with Crippen molar-refractivity contribution in [2.45, 2.75) is 20.4 Å². The van der Waals surface area contributed by atoms with Gasteiger partial charge in [-0.1, -0.05) is 0 Å². The molecule has 1 aromatic heterocycles. The van der Waals surface area contributed by atoms with E-state index in [9.17, 15) is 17.6 Å². The van der Waals surface area contributed by atoms with E-state index in [4.69, 9.17) is 0 Å². The summed E-state index contributed by atoms with van der Waals surface area (Å²) in [5.74, 6) is -1.18. The van der Waals surface area contributed by atoms with Gasteiger partial charge in [-0.15, -0.1) is 0 Å². The van der Waals surface area contributed by atoms with Crippen LogP contribution in [0.15, 0.2) is 24.3 Å². The molecule has 124 valence electrons. The number of hydrogen-bond acceptors (Lipinski definition) is 4. The molecule has 0 spiro atoms. The highest BCUT2D eigenvalue weighted by Gasteiger charge is 2.13. The molecule has 0 aliphatic heterocycles. The molecular weight excluding hydrogens is 323 g/mol. The molecule has 2 rings (SSSR count). The number of carbonyl (C=O) groups excluding carboxylic acids is 1. The van der Waals surface area contributed by atoms with E-state index in [0.29, 0.717) is 6.54 Å². The number of carbonyl (C=O) groups is 1. The first kappa shape index (κ1) is 16.9. The molecule has 2 aromatic rings. The smallest absolute Gasteiger partial charge is 0.276 e. The third kappa shape index (κ3) is 4.52. The van der Waals surface area contributed by atoms with Crippen LogP contribution in [-0.2, 0) is 16.6 Å². The van der Waals surface area contributed by atoms with Crippen molar-refractivity contribution in [3.05, 3.63) is 41.5 Å². The summed E-state index contributed by atoms with van der Waals surface area (Å²) in [6, 6.07) is 5.06. The Kier molecular flexibility index (Phi) is 4.69. The minimum Gasteiger partial charge on any atom is -0.320 e. The highest BCUT2D eigenvalue weighted by Crippen LogP contribution is 2.19. The lowest BCUT2D eigenvalue weighted by Gasteiger charge is -2.08. The number of aromatic nitrogens is 2. The van der Waals surface area contributed by atoms with Crippen LogP contribution in [0.5, 0.6) is 0 Å². The minimum absolute atomic E-state index is 0.0260. The lowest BCUT2D eigenvalue weighted by molar-refractivity contribution is 0.102. The first-order valence-corrected chi connectivity index (χ1v) is 8.71. The van der Waals surface area contributed by atoms with Gasteiger partial charge in [0.05, 0.1) is 11.9 Å². The van der Waals surface area contributed by atoms with E-state index in [1.807, 2.05) is 13.8 Å². The van der Waals surface area contributed by atoms with Gasteiger partial charge in [0.1, 0.15) is 5.82 Å². The third-order valence-electron chi connectivity index (χ3n) is 2.97. The molecule has 0 saturated carbocycles. The van der Waals surface area contributed by atoms with Crippen molar-refractivity contribution in [3.8, 4) is 0 Å². The first-order chi connectivity index (χ1) is 10.7. The maximum absolute atomic E-state index is 13.6. The summed E-state index contributed by atoms with van der Waals surface area (Å²) in [5.41, 5.74) is 1.19. The van der Waals surface area contributed by atoms with Gasteiger partial charge in [-0.2, -0.15) is 5.10 Å². The van der Waals surface area contributed by atoms with Crippen molar-refractivity contribution in [2.75, 3.05) is 16.3 Å². The summed E-state index contributed by atoms with van der Waals surface area (Å²) >= 11 is 0. The van der Waals surface area contributed by atoms with E-state index in [1.54, 1.807) is 10.7 Å². The third-order valence-corrected chi connectivity index (χ3v) is 3.58. The molecule has 1 heterocycles. The van der Waals surface area contributed by atoms with Gasteiger partial charge in [0, 0.05) is 17.9 Å². The monoisotopic (exact) mass is 340 g/mol. The average Bonchev–Trinajstić information content (AvgIpc) is 2.77. The molecule has 0 unspecified atom stereocenters. The van der Waals surface area contributed by atoms with Crippen molar-refractivity contribution >= 4 is 27.3 Å². The summed E-state index contributed by atoms with van der Waals surface area (Å²) in [6.07, 6.45) is 0.955. The van der Waals surface area contributed by atoms with Gasteiger partial charge >= 0.3 is 0 Å². The van der Waals surface area contributed by atoms with Gasteiger partial charge in [-0.05, 0) is 38.1 Å². The van der Waals surface area contributed by atoms with Crippen LogP contribution in [0, 0.1) is 12.7 Å². The van der Waals surface area contributed by atoms with Crippen LogP contribution in [0.1, 0.15) is 23.1 Å². The second kappa shape index (κ2) is 6.37. The van der Waals surface area contributed by atoms with Gasteiger partial charge in [-0.3, -0.25) is 14.2 Å². The molecule has 23 heavy (non-hydrogen) atoms. The molecule has 1 aromatic carbocycles. The molecule has 0 aliphatic carbocycles. The topological polar surface area (TPSA) is 93.1 Å². The number of nitrogens with zero attached hydrogens (tertiary/aromatic N) is 2. The molecule has 0 radical (unpaired) electrons. The van der Waals surface area contributed by atoms with Gasteiger partial charge in [0.2, 0.25) is 10.0 Å². The summed E-state index contributed by atoms with van der Waals surface area (Å²) in [5, 5.41) is 6.63. The molecular formula is C14H17FN4O3S. The predicted molar refractivity (Wildman–Crippen MR) is 85.5 cm³/mol. The van der Waals surface area contributed by atoms with Crippen LogP contribution >= 0.6 is 0 Å². The number of rotatable bonds is 5. The van der Waals surface area contributed by atoms with E-state index in [2.05, 4.69) is 15.1 Å². The van der Waals surface area contributed by atoms with Crippen LogP contribution in [0.3, 0.4) is 0 Å². The Labute approximate surface area is 133 Å². The normalized spacial score (nSPS) is 11.3. The van der Waals surface area contributed by atoms with Gasteiger partial charge in [-0.25, -0.2) is 12.8 Å².